The summed E-state index contributed by atoms with van der Waals surface area (Å²) in [5.74, 6) is -4.23. The normalized spacial score (nSPS) is 27.5. The van der Waals surface area contributed by atoms with Crippen LogP contribution in [0.5, 0.6) is 0 Å². The van der Waals surface area contributed by atoms with Crippen LogP contribution >= 0.6 is 7.82 Å². The number of aliphatic hydroxyl groups excluding tert-OH is 5. The van der Waals surface area contributed by atoms with E-state index in [-0.39, 0.29) is 38.3 Å². The highest BCUT2D eigenvalue weighted by Crippen LogP contribution is 2.59. The number of rotatable bonds is 27. The number of hydrogen-bond acceptors (Lipinski definition) is 16. The summed E-state index contributed by atoms with van der Waals surface area (Å²) in [6, 6.07) is -0.597. The number of aliphatic hydroxyl groups is 5. The van der Waals surface area contributed by atoms with Crippen LogP contribution in [0.25, 0.3) is 6.08 Å². The highest BCUT2D eigenvalue weighted by Gasteiger charge is 2.68. The number of oxazole rings is 1. The van der Waals surface area contributed by atoms with Crippen LogP contribution in [0, 0.1) is 23.2 Å². The molecule has 2 fully saturated rings. The number of ether oxygens (including phenoxy) is 4. The smallest absolute Gasteiger partial charge is 0.448 e. The molecule has 1 spiro atoms. The SMILES string of the molecule is COC[C@H]([C@@H](O)[C@@H](O)C(=O)NCC[C@@H](C)c1nc(/C=C/C[C@H]2O[C@]3(C[C@H](O)[C@H]2C)O[C@@H]([C@@H](C[C@@H](O)[C@@H](C)[C@@H](O)[C@@H](C)/C=C(C)/C(C)=C/C=C/C(C)=C\C(N)=O)OC)[C@@H](OP(=O)(O)O)C3(C)C)co1)N(C)C. The minimum absolute atomic E-state index is 0.0709. The number of carbonyl (C=O) groups is 2. The number of nitrogens with one attached hydrogen (secondary N) is 1. The van der Waals surface area contributed by atoms with Crippen LogP contribution in [0.15, 0.2) is 63.9 Å². The molecule has 2 aliphatic rings. The lowest BCUT2D eigenvalue weighted by molar-refractivity contribution is -0.334. The van der Waals surface area contributed by atoms with Crippen LogP contribution in [0.2, 0.25) is 0 Å². The first-order valence-electron chi connectivity index (χ1n) is 24.1. The van der Waals surface area contributed by atoms with Gasteiger partial charge >= 0.3 is 7.82 Å². The first-order chi connectivity index (χ1) is 33.0. The molecule has 20 nitrogen and oxygen atoms in total. The summed E-state index contributed by atoms with van der Waals surface area (Å²) < 4.78 is 48.2. The van der Waals surface area contributed by atoms with E-state index >= 15 is 0 Å². The predicted molar refractivity (Wildman–Crippen MR) is 266 cm³/mol. The Morgan fingerprint density at radius 2 is 1.72 bits per heavy atom. The number of nitrogens with zero attached hydrogens (tertiary/aromatic N) is 2. The van der Waals surface area contributed by atoms with Crippen LogP contribution < -0.4 is 11.1 Å². The summed E-state index contributed by atoms with van der Waals surface area (Å²) in [5, 5.41) is 58.3. The Morgan fingerprint density at radius 1 is 1.06 bits per heavy atom. The van der Waals surface area contributed by atoms with Gasteiger partial charge in [-0.2, -0.15) is 0 Å². The van der Waals surface area contributed by atoms with Crippen LogP contribution in [0.1, 0.15) is 105 Å². The maximum absolute atomic E-state index is 12.6. The summed E-state index contributed by atoms with van der Waals surface area (Å²) >= 11 is 0. The second kappa shape index (κ2) is 27.2. The molecule has 2 saturated heterocycles. The van der Waals surface area contributed by atoms with Crippen molar-refractivity contribution in [2.24, 2.45) is 28.9 Å². The van der Waals surface area contributed by atoms with E-state index in [0.717, 1.165) is 11.1 Å². The second-order valence-electron chi connectivity index (χ2n) is 20.1. The number of nitrogens with two attached hydrogens (primary N) is 1. The van der Waals surface area contributed by atoms with Crippen LogP contribution in [0.4, 0.5) is 0 Å². The zero-order valence-corrected chi connectivity index (χ0v) is 44.6. The van der Waals surface area contributed by atoms with E-state index in [0.29, 0.717) is 23.6 Å². The fourth-order valence-electron chi connectivity index (χ4n) is 9.09. The third kappa shape index (κ3) is 17.0. The molecular weight excluding hydrogens is 944 g/mol. The average molecular weight is 1030 g/mol. The third-order valence-electron chi connectivity index (χ3n) is 14.1. The van der Waals surface area contributed by atoms with Gasteiger partial charge in [0.2, 0.25) is 5.91 Å². The molecule has 15 atom stereocenters. The first kappa shape index (κ1) is 61.9. The van der Waals surface area contributed by atoms with Gasteiger partial charge in [0.15, 0.2) is 17.8 Å². The molecule has 10 N–H and O–H groups in total. The highest BCUT2D eigenvalue weighted by molar-refractivity contribution is 7.46. The predicted octanol–water partition coefficient (Wildman–Crippen LogP) is 3.65. The van der Waals surface area contributed by atoms with E-state index in [1.165, 1.54) is 26.6 Å². The Balaban J connectivity index is 1.74. The minimum atomic E-state index is -5.16. The molecule has 0 saturated carbocycles. The number of amides is 2. The summed E-state index contributed by atoms with van der Waals surface area (Å²) in [7, 11) is 1.10. The summed E-state index contributed by atoms with van der Waals surface area (Å²) in [5.41, 5.74) is 6.90. The van der Waals surface area contributed by atoms with E-state index in [9.17, 15) is 49.5 Å². The monoisotopic (exact) mass is 1030 g/mol. The molecule has 0 aromatic carbocycles. The molecule has 0 bridgehead atoms. The molecule has 2 amide bonds. The van der Waals surface area contributed by atoms with Gasteiger partial charge in [0.05, 0.1) is 43.2 Å². The number of carbonyl (C=O) groups excluding carboxylic acids is 2. The molecule has 0 unspecified atom stereocenters. The van der Waals surface area contributed by atoms with Gasteiger partial charge in [0.1, 0.15) is 30.3 Å². The van der Waals surface area contributed by atoms with Gasteiger partial charge in [-0.25, -0.2) is 9.55 Å². The Kier molecular flexibility index (Phi) is 23.7. The maximum atomic E-state index is 12.6. The number of hydrogen-bond donors (Lipinski definition) is 9. The van der Waals surface area contributed by atoms with Gasteiger partial charge in [0, 0.05) is 68.8 Å². The minimum Gasteiger partial charge on any atom is -0.448 e. The molecule has 0 radical (unpaired) electrons. The molecular formula is C50H83N4O16P. The zero-order valence-electron chi connectivity index (χ0n) is 43.7. The maximum Gasteiger partial charge on any atom is 0.469 e. The number of aromatic nitrogens is 1. The van der Waals surface area contributed by atoms with Gasteiger partial charge in [-0.3, -0.25) is 14.1 Å². The molecule has 71 heavy (non-hydrogen) atoms. The Hall–Kier alpha value is -3.44. The van der Waals surface area contributed by atoms with E-state index < -0.39 is 110 Å². The van der Waals surface area contributed by atoms with Crippen molar-refractivity contribution in [3.05, 3.63) is 71.0 Å². The van der Waals surface area contributed by atoms with Gasteiger partial charge in [-0.15, -0.1) is 0 Å². The van der Waals surface area contributed by atoms with E-state index in [2.05, 4.69) is 10.3 Å². The largest absolute Gasteiger partial charge is 0.469 e. The van der Waals surface area contributed by atoms with Crippen molar-refractivity contribution in [1.29, 1.82) is 0 Å². The standard InChI is InChI=1S/C50H83N4O16P/c1-28(22-41(51)57)16-14-17-29(2)31(4)23-32(5)42(58)34(7)37(55)24-40(66-13)45-46(70-71(62,63)64)49(8,9)50(69-45)25-38(56)33(6)39(68-50)19-15-18-35-26-67-48(53-35)30(3)20-21-52-47(61)44(60)43(59)36(27-65-12)54(10)11/h14-18,22-23,26,30,32-34,36-40,42-46,55-56,58-60H,19-21,24-25,27H2,1-13H3,(H2,51,57)(H,52,61)(H2,62,63,64)/b16-14+,18-15+,28-22-,29-17+,31-23+/t30-,32+,33-,34-,36-,37-,38+,39-,40-,42+,43-,44-,45+,46-,50-/m1/s1. The molecule has 3 rings (SSSR count). The Morgan fingerprint density at radius 3 is 2.31 bits per heavy atom. The van der Waals surface area contributed by atoms with Crippen molar-refractivity contribution in [3.8, 4) is 0 Å². The number of phosphoric acid groups is 1. The zero-order chi connectivity index (χ0) is 53.8. The van der Waals surface area contributed by atoms with Crippen LogP contribution in [-0.2, 0) is 37.6 Å². The lowest BCUT2D eigenvalue weighted by Gasteiger charge is -2.50. The van der Waals surface area contributed by atoms with Crippen molar-refractivity contribution < 1.29 is 77.4 Å². The first-order valence-corrected chi connectivity index (χ1v) is 25.6. The molecule has 21 heteroatoms. The molecule has 1 aromatic rings. The quantitative estimate of drug-likeness (QED) is 0.0345. The van der Waals surface area contributed by atoms with Crippen molar-refractivity contribution >= 4 is 25.7 Å². The highest BCUT2D eigenvalue weighted by atomic mass is 31.2. The molecule has 3 heterocycles. The third-order valence-corrected chi connectivity index (χ3v) is 14.6. The molecule has 1 aromatic heterocycles. The van der Waals surface area contributed by atoms with E-state index in [1.54, 1.807) is 71.0 Å². The Bertz CT molecular complexity index is 2080. The van der Waals surface area contributed by atoms with Crippen molar-refractivity contribution in [2.75, 3.05) is 41.5 Å². The second-order valence-corrected chi connectivity index (χ2v) is 21.3. The number of methoxy groups -OCH3 is 2. The van der Waals surface area contributed by atoms with Crippen molar-refractivity contribution in [1.82, 2.24) is 15.2 Å². The molecule has 0 aliphatic carbocycles. The van der Waals surface area contributed by atoms with Crippen LogP contribution in [-0.4, -0.2) is 165 Å². The lowest BCUT2D eigenvalue weighted by Crippen LogP contribution is -2.58. The fourth-order valence-corrected chi connectivity index (χ4v) is 9.77. The number of likely N-dealkylation sites (N-methyl/N-ethyl adjacent to an activating group) is 1. The van der Waals surface area contributed by atoms with E-state index in [4.69, 9.17) is 33.6 Å². The van der Waals surface area contributed by atoms with Crippen molar-refractivity contribution in [2.45, 2.75) is 161 Å². The molecule has 404 valence electrons. The van der Waals surface area contributed by atoms with E-state index in [1.807, 2.05) is 46.8 Å². The number of allylic oxidation sites excluding steroid dienone is 6. The topological polar surface area (TPSA) is 306 Å². The summed E-state index contributed by atoms with van der Waals surface area (Å²) in [6.45, 7) is 16.4. The van der Waals surface area contributed by atoms with Crippen molar-refractivity contribution in [3.63, 3.8) is 0 Å². The summed E-state index contributed by atoms with van der Waals surface area (Å²) in [6.07, 6.45) is 3.69. The van der Waals surface area contributed by atoms with Gasteiger partial charge in [0.25, 0.3) is 5.91 Å². The summed E-state index contributed by atoms with van der Waals surface area (Å²) in [4.78, 5) is 50.4. The number of phosphoric ester groups is 1. The van der Waals surface area contributed by atoms with Gasteiger partial charge in [-0.1, -0.05) is 77.5 Å². The number of primary amides is 1. The Labute approximate surface area is 419 Å². The van der Waals surface area contributed by atoms with Crippen LogP contribution in [0.3, 0.4) is 0 Å². The molecule has 2 aliphatic heterocycles. The van der Waals surface area contributed by atoms with Gasteiger partial charge < -0.3 is 74.6 Å². The fraction of sp³-hybridized carbons (Fsp3) is 0.700. The lowest BCUT2D eigenvalue weighted by atomic mass is 9.72. The average Bonchev–Trinajstić information content (AvgIpc) is 3.83. The van der Waals surface area contributed by atoms with Gasteiger partial charge in [-0.05, 0) is 64.9 Å².